The van der Waals surface area contributed by atoms with Gasteiger partial charge in [-0.3, -0.25) is 4.79 Å². The van der Waals surface area contributed by atoms with Crippen molar-refractivity contribution in [3.63, 3.8) is 0 Å². The Morgan fingerprint density at radius 3 is 2.52 bits per heavy atom. The maximum Gasteiger partial charge on any atom is 0.244 e. The fourth-order valence-electron chi connectivity index (χ4n) is 2.33. The zero-order valence-corrected chi connectivity index (χ0v) is 12.7. The van der Waals surface area contributed by atoms with E-state index in [-0.39, 0.29) is 11.9 Å². The van der Waals surface area contributed by atoms with Gasteiger partial charge in [-0.25, -0.2) is 9.67 Å². The third-order valence-electron chi connectivity index (χ3n) is 3.74. The summed E-state index contributed by atoms with van der Waals surface area (Å²) in [7, 11) is 0. The van der Waals surface area contributed by atoms with E-state index in [1.807, 2.05) is 25.1 Å². The summed E-state index contributed by atoms with van der Waals surface area (Å²) >= 11 is 0. The predicted octanol–water partition coefficient (Wildman–Crippen LogP) is 2.40. The van der Waals surface area contributed by atoms with Crippen molar-refractivity contribution in [1.29, 1.82) is 0 Å². The van der Waals surface area contributed by atoms with Gasteiger partial charge < -0.3 is 5.32 Å². The molecule has 1 heterocycles. The highest BCUT2D eigenvalue weighted by Gasteiger charge is 2.20. The van der Waals surface area contributed by atoms with Crippen LogP contribution in [0.25, 0.3) is 0 Å². The van der Waals surface area contributed by atoms with Crippen molar-refractivity contribution in [2.75, 3.05) is 6.54 Å². The Morgan fingerprint density at radius 2 is 1.95 bits per heavy atom. The Morgan fingerprint density at radius 1 is 1.24 bits per heavy atom. The van der Waals surface area contributed by atoms with Gasteiger partial charge in [0.15, 0.2) is 0 Å². The third-order valence-corrected chi connectivity index (χ3v) is 3.74. The van der Waals surface area contributed by atoms with Gasteiger partial charge in [-0.2, -0.15) is 5.10 Å². The number of hydrogen-bond donors (Lipinski definition) is 1. The number of nitrogens with one attached hydrogen (secondary N) is 1. The van der Waals surface area contributed by atoms with Crippen molar-refractivity contribution in [3.8, 4) is 0 Å². The Kier molecular flexibility index (Phi) is 5.09. The van der Waals surface area contributed by atoms with Crippen molar-refractivity contribution in [2.45, 2.75) is 32.7 Å². The van der Waals surface area contributed by atoms with Crippen molar-refractivity contribution < 1.29 is 4.79 Å². The lowest BCUT2D eigenvalue weighted by atomic mass is 9.88. The number of aromatic nitrogens is 3. The van der Waals surface area contributed by atoms with E-state index in [0.717, 1.165) is 0 Å². The standard InChI is InChI=1S/C16H22N4O/c1-12(2)15(14-7-5-4-6-8-14)9-18-16(21)13(3)20-11-17-10-19-20/h4-8,10-13,15H,9H2,1-3H3,(H,18,21)/t13-,15-/m1/s1. The molecule has 0 spiro atoms. The molecule has 0 radical (unpaired) electrons. The van der Waals surface area contributed by atoms with Crippen LogP contribution in [0, 0.1) is 5.92 Å². The van der Waals surface area contributed by atoms with Crippen LogP contribution in [0.15, 0.2) is 43.0 Å². The highest BCUT2D eigenvalue weighted by molar-refractivity contribution is 5.79. The maximum absolute atomic E-state index is 12.2. The summed E-state index contributed by atoms with van der Waals surface area (Å²) in [4.78, 5) is 16.1. The van der Waals surface area contributed by atoms with Crippen LogP contribution in [-0.4, -0.2) is 27.2 Å². The average Bonchev–Trinajstić information content (AvgIpc) is 3.01. The van der Waals surface area contributed by atoms with Crippen LogP contribution in [0.4, 0.5) is 0 Å². The van der Waals surface area contributed by atoms with Crippen LogP contribution in [0.1, 0.15) is 38.3 Å². The third kappa shape index (κ3) is 3.90. The Hall–Kier alpha value is -2.17. The van der Waals surface area contributed by atoms with Crippen molar-refractivity contribution in [1.82, 2.24) is 20.1 Å². The molecule has 0 fully saturated rings. The van der Waals surface area contributed by atoms with E-state index in [2.05, 4.69) is 41.4 Å². The van der Waals surface area contributed by atoms with Crippen LogP contribution in [0.2, 0.25) is 0 Å². The summed E-state index contributed by atoms with van der Waals surface area (Å²) in [5, 5.41) is 7.03. The van der Waals surface area contributed by atoms with E-state index in [9.17, 15) is 4.79 Å². The van der Waals surface area contributed by atoms with Gasteiger partial charge in [-0.1, -0.05) is 44.2 Å². The number of carbonyl (C=O) groups excluding carboxylic acids is 1. The molecule has 1 amide bonds. The van der Waals surface area contributed by atoms with Gasteiger partial charge in [-0.05, 0) is 18.4 Å². The molecular weight excluding hydrogens is 264 g/mol. The summed E-state index contributed by atoms with van der Waals surface area (Å²) < 4.78 is 1.56. The molecule has 5 heteroatoms. The quantitative estimate of drug-likeness (QED) is 0.887. The molecule has 0 bridgehead atoms. The zero-order valence-electron chi connectivity index (χ0n) is 12.7. The predicted molar refractivity (Wildman–Crippen MR) is 81.8 cm³/mol. The molecule has 1 N–H and O–H groups in total. The second kappa shape index (κ2) is 7.02. The average molecular weight is 286 g/mol. The molecule has 21 heavy (non-hydrogen) atoms. The lowest BCUT2D eigenvalue weighted by molar-refractivity contribution is -0.124. The zero-order chi connectivity index (χ0) is 15.2. The fourth-order valence-corrected chi connectivity index (χ4v) is 2.33. The van der Waals surface area contributed by atoms with Gasteiger partial charge in [0.2, 0.25) is 5.91 Å². The second-order valence-electron chi connectivity index (χ2n) is 5.56. The Labute approximate surface area is 125 Å². The van der Waals surface area contributed by atoms with Crippen LogP contribution in [-0.2, 0) is 4.79 Å². The van der Waals surface area contributed by atoms with Crippen LogP contribution < -0.4 is 5.32 Å². The normalized spacial score (nSPS) is 13.9. The minimum atomic E-state index is -0.351. The highest BCUT2D eigenvalue weighted by Crippen LogP contribution is 2.23. The molecule has 1 aromatic heterocycles. The molecule has 0 aliphatic heterocycles. The first-order valence-corrected chi connectivity index (χ1v) is 7.26. The number of amides is 1. The smallest absolute Gasteiger partial charge is 0.244 e. The van der Waals surface area contributed by atoms with Crippen molar-refractivity contribution in [2.24, 2.45) is 5.92 Å². The second-order valence-corrected chi connectivity index (χ2v) is 5.56. The first kappa shape index (κ1) is 15.2. The van der Waals surface area contributed by atoms with Gasteiger partial charge in [-0.15, -0.1) is 0 Å². The Balaban J connectivity index is 1.98. The van der Waals surface area contributed by atoms with Crippen LogP contribution >= 0.6 is 0 Å². The molecule has 2 aromatic rings. The minimum Gasteiger partial charge on any atom is -0.354 e. The highest BCUT2D eigenvalue weighted by atomic mass is 16.2. The number of benzene rings is 1. The molecular formula is C16H22N4O. The molecule has 0 saturated heterocycles. The van der Waals surface area contributed by atoms with E-state index in [0.29, 0.717) is 18.4 Å². The monoisotopic (exact) mass is 286 g/mol. The number of carbonyl (C=O) groups is 1. The van der Waals surface area contributed by atoms with Crippen molar-refractivity contribution in [3.05, 3.63) is 48.5 Å². The van der Waals surface area contributed by atoms with Gasteiger partial charge in [0.05, 0.1) is 0 Å². The molecule has 0 aliphatic rings. The Bertz CT molecular complexity index is 551. The molecule has 0 unspecified atom stereocenters. The lowest BCUT2D eigenvalue weighted by Gasteiger charge is -2.23. The van der Waals surface area contributed by atoms with Gasteiger partial charge in [0.25, 0.3) is 0 Å². The number of rotatable bonds is 6. The summed E-state index contributed by atoms with van der Waals surface area (Å²) in [6, 6.07) is 9.94. The number of nitrogens with zero attached hydrogens (tertiary/aromatic N) is 3. The summed E-state index contributed by atoms with van der Waals surface area (Å²) in [6.07, 6.45) is 2.99. The van der Waals surface area contributed by atoms with Gasteiger partial charge >= 0.3 is 0 Å². The maximum atomic E-state index is 12.2. The van der Waals surface area contributed by atoms with Gasteiger partial charge in [0, 0.05) is 12.5 Å². The van der Waals surface area contributed by atoms with Gasteiger partial charge in [0.1, 0.15) is 18.7 Å². The first-order chi connectivity index (χ1) is 10.1. The molecule has 2 rings (SSSR count). The summed E-state index contributed by atoms with van der Waals surface area (Å²) in [5.41, 5.74) is 1.25. The molecule has 0 saturated carbocycles. The lowest BCUT2D eigenvalue weighted by Crippen LogP contribution is -2.35. The molecule has 112 valence electrons. The van der Waals surface area contributed by atoms with E-state index in [1.165, 1.54) is 11.9 Å². The summed E-state index contributed by atoms with van der Waals surface area (Å²) in [5.74, 6) is 0.717. The fraction of sp³-hybridized carbons (Fsp3) is 0.438. The van der Waals surface area contributed by atoms with Crippen molar-refractivity contribution >= 4 is 5.91 Å². The first-order valence-electron chi connectivity index (χ1n) is 7.26. The number of hydrogen-bond acceptors (Lipinski definition) is 3. The van der Waals surface area contributed by atoms with Crippen LogP contribution in [0.5, 0.6) is 0 Å². The van der Waals surface area contributed by atoms with E-state index in [4.69, 9.17) is 0 Å². The largest absolute Gasteiger partial charge is 0.354 e. The SMILES string of the molecule is CC(C)[C@@H](CNC(=O)[C@@H](C)n1cncn1)c1ccccc1. The molecule has 1 aromatic carbocycles. The topological polar surface area (TPSA) is 59.8 Å². The minimum absolute atomic E-state index is 0.0397. The molecule has 0 aliphatic carbocycles. The molecule has 2 atom stereocenters. The van der Waals surface area contributed by atoms with E-state index < -0.39 is 0 Å². The van der Waals surface area contributed by atoms with E-state index >= 15 is 0 Å². The summed E-state index contributed by atoms with van der Waals surface area (Å²) in [6.45, 7) is 6.78. The molecule has 5 nitrogen and oxygen atoms in total. The van der Waals surface area contributed by atoms with Crippen LogP contribution in [0.3, 0.4) is 0 Å². The van der Waals surface area contributed by atoms with E-state index in [1.54, 1.807) is 11.0 Å².